The Hall–Kier alpha value is -2.28. The van der Waals surface area contributed by atoms with Gasteiger partial charge in [0.05, 0.1) is 26.9 Å². The summed E-state index contributed by atoms with van der Waals surface area (Å²) < 4.78 is 15.8. The van der Waals surface area contributed by atoms with Crippen molar-refractivity contribution in [1.29, 1.82) is 0 Å². The second-order valence-electron chi connectivity index (χ2n) is 5.58. The van der Waals surface area contributed by atoms with Crippen LogP contribution in [-0.4, -0.2) is 45.4 Å². The van der Waals surface area contributed by atoms with Crippen molar-refractivity contribution in [3.05, 3.63) is 23.3 Å². The third kappa shape index (κ3) is 4.61. The number of carbonyl (C=O) groups excluding carboxylic acids is 2. The Balaban J connectivity index is 2.07. The van der Waals surface area contributed by atoms with Crippen LogP contribution in [0.25, 0.3) is 0 Å². The SMILES string of the molecule is CCOc1cc2c(cc1OCC)C[NH+](CC(=O)NC(=O)OC)CC2. The molecule has 2 rings (SSSR count). The molecule has 1 aromatic rings. The molecule has 0 saturated heterocycles. The van der Waals surface area contributed by atoms with E-state index in [-0.39, 0.29) is 12.5 Å². The first kappa shape index (κ1) is 18.1. The van der Waals surface area contributed by atoms with Crippen molar-refractivity contribution in [3.63, 3.8) is 0 Å². The molecule has 0 aliphatic carbocycles. The normalized spacial score (nSPS) is 16.0. The molecular formula is C17H25N2O5+. The first-order valence-corrected chi connectivity index (χ1v) is 8.20. The Bertz CT molecular complexity index is 603. The van der Waals surface area contributed by atoms with Crippen LogP contribution in [0.15, 0.2) is 12.1 Å². The molecule has 1 aromatic carbocycles. The van der Waals surface area contributed by atoms with Crippen molar-refractivity contribution in [1.82, 2.24) is 5.32 Å². The lowest BCUT2D eigenvalue weighted by Gasteiger charge is -2.26. The lowest BCUT2D eigenvalue weighted by atomic mass is 9.99. The number of amides is 2. The van der Waals surface area contributed by atoms with Gasteiger partial charge < -0.3 is 19.1 Å². The molecule has 7 heteroatoms. The van der Waals surface area contributed by atoms with Crippen LogP contribution in [0.1, 0.15) is 25.0 Å². The van der Waals surface area contributed by atoms with Crippen LogP contribution < -0.4 is 19.7 Å². The minimum absolute atomic E-state index is 0.228. The van der Waals surface area contributed by atoms with Gasteiger partial charge in [0.1, 0.15) is 6.54 Å². The highest BCUT2D eigenvalue weighted by molar-refractivity contribution is 5.92. The van der Waals surface area contributed by atoms with E-state index in [1.807, 2.05) is 26.0 Å². The number of imide groups is 1. The van der Waals surface area contributed by atoms with Gasteiger partial charge in [-0.05, 0) is 31.5 Å². The molecule has 1 atom stereocenters. The summed E-state index contributed by atoms with van der Waals surface area (Å²) in [6.07, 6.45) is 0.125. The Morgan fingerprint density at radius 3 is 2.33 bits per heavy atom. The van der Waals surface area contributed by atoms with E-state index in [1.165, 1.54) is 12.7 Å². The maximum atomic E-state index is 11.8. The zero-order valence-electron chi connectivity index (χ0n) is 14.4. The summed E-state index contributed by atoms with van der Waals surface area (Å²) in [5.74, 6) is 1.17. The van der Waals surface area contributed by atoms with Gasteiger partial charge in [-0.3, -0.25) is 10.1 Å². The van der Waals surface area contributed by atoms with Gasteiger partial charge in [0.2, 0.25) is 0 Å². The third-order valence-electron chi connectivity index (χ3n) is 3.89. The average Bonchev–Trinajstić information content (AvgIpc) is 2.55. The van der Waals surface area contributed by atoms with E-state index >= 15 is 0 Å². The number of hydrogen-bond donors (Lipinski definition) is 2. The largest absolute Gasteiger partial charge is 0.490 e. The molecule has 132 valence electrons. The molecule has 1 aliphatic rings. The van der Waals surface area contributed by atoms with Crippen molar-refractivity contribution >= 4 is 12.0 Å². The zero-order valence-corrected chi connectivity index (χ0v) is 14.4. The van der Waals surface area contributed by atoms with Crippen LogP contribution in [0.4, 0.5) is 4.79 Å². The van der Waals surface area contributed by atoms with Crippen molar-refractivity contribution in [2.75, 3.05) is 33.4 Å². The van der Waals surface area contributed by atoms with E-state index in [9.17, 15) is 9.59 Å². The summed E-state index contributed by atoms with van der Waals surface area (Å²) in [5.41, 5.74) is 2.37. The Morgan fingerprint density at radius 2 is 1.75 bits per heavy atom. The predicted octanol–water partition coefficient (Wildman–Crippen LogP) is 0.308. The predicted molar refractivity (Wildman–Crippen MR) is 87.4 cm³/mol. The maximum Gasteiger partial charge on any atom is 0.413 e. The van der Waals surface area contributed by atoms with E-state index in [0.29, 0.717) is 19.8 Å². The van der Waals surface area contributed by atoms with Gasteiger partial charge in [-0.1, -0.05) is 0 Å². The van der Waals surface area contributed by atoms with Crippen LogP contribution >= 0.6 is 0 Å². The lowest BCUT2D eigenvalue weighted by molar-refractivity contribution is -0.908. The minimum atomic E-state index is -0.725. The topological polar surface area (TPSA) is 78.3 Å². The minimum Gasteiger partial charge on any atom is -0.490 e. The van der Waals surface area contributed by atoms with E-state index in [1.54, 1.807) is 0 Å². The molecule has 1 unspecified atom stereocenters. The number of rotatable bonds is 6. The molecule has 0 saturated carbocycles. The highest BCUT2D eigenvalue weighted by Gasteiger charge is 2.24. The molecule has 24 heavy (non-hydrogen) atoms. The van der Waals surface area contributed by atoms with E-state index in [2.05, 4.69) is 10.1 Å². The second-order valence-corrected chi connectivity index (χ2v) is 5.58. The highest BCUT2D eigenvalue weighted by atomic mass is 16.5. The molecule has 2 N–H and O–H groups in total. The van der Waals surface area contributed by atoms with Crippen molar-refractivity contribution in [3.8, 4) is 11.5 Å². The van der Waals surface area contributed by atoms with Gasteiger partial charge in [0.15, 0.2) is 18.0 Å². The van der Waals surface area contributed by atoms with Gasteiger partial charge in [0, 0.05) is 12.0 Å². The molecule has 7 nitrogen and oxygen atoms in total. The third-order valence-corrected chi connectivity index (χ3v) is 3.89. The standard InChI is InChI=1S/C17H24N2O5/c1-4-23-14-8-12-6-7-19(11-16(20)18-17(21)22-3)10-13(12)9-15(14)24-5-2/h8-9H,4-7,10-11H2,1-3H3,(H,18,20,21)/p+1. The van der Waals surface area contributed by atoms with E-state index in [4.69, 9.17) is 9.47 Å². The molecule has 0 radical (unpaired) electrons. The molecule has 1 aliphatic heterocycles. The summed E-state index contributed by atoms with van der Waals surface area (Å²) in [6.45, 7) is 6.79. The number of carbonyl (C=O) groups is 2. The molecule has 1 heterocycles. The quantitative estimate of drug-likeness (QED) is 0.781. The number of quaternary nitrogens is 1. The Kier molecular flexibility index (Phi) is 6.43. The van der Waals surface area contributed by atoms with Crippen molar-refractivity contribution in [2.24, 2.45) is 0 Å². The number of ether oxygens (including phenoxy) is 3. The summed E-state index contributed by atoms with van der Waals surface area (Å²) >= 11 is 0. The number of methoxy groups -OCH3 is 1. The summed E-state index contributed by atoms with van der Waals surface area (Å²) in [6, 6.07) is 4.04. The van der Waals surface area contributed by atoms with Gasteiger partial charge in [-0.2, -0.15) is 0 Å². The van der Waals surface area contributed by atoms with Gasteiger partial charge >= 0.3 is 6.09 Å². The smallest absolute Gasteiger partial charge is 0.413 e. The number of hydrogen-bond acceptors (Lipinski definition) is 5. The zero-order chi connectivity index (χ0) is 17.5. The maximum absolute atomic E-state index is 11.8. The average molecular weight is 337 g/mol. The second kappa shape index (κ2) is 8.54. The Morgan fingerprint density at radius 1 is 1.12 bits per heavy atom. The first-order chi connectivity index (χ1) is 11.6. The van der Waals surface area contributed by atoms with Crippen LogP contribution in [0.3, 0.4) is 0 Å². The van der Waals surface area contributed by atoms with Crippen LogP contribution in [0, 0.1) is 0 Å². The Labute approximate surface area is 141 Å². The van der Waals surface area contributed by atoms with E-state index < -0.39 is 6.09 Å². The molecule has 2 amide bonds. The summed E-state index contributed by atoms with van der Waals surface area (Å²) in [5, 5.41) is 2.19. The fraction of sp³-hybridized carbons (Fsp3) is 0.529. The van der Waals surface area contributed by atoms with Gasteiger partial charge in [0.25, 0.3) is 5.91 Å². The fourth-order valence-corrected chi connectivity index (χ4v) is 2.83. The highest BCUT2D eigenvalue weighted by Crippen LogP contribution is 2.32. The number of fused-ring (bicyclic) bond motifs is 1. The molecular weight excluding hydrogens is 312 g/mol. The number of alkyl carbamates (subject to hydrolysis) is 1. The number of nitrogens with one attached hydrogen (secondary N) is 2. The van der Waals surface area contributed by atoms with Crippen LogP contribution in [0.2, 0.25) is 0 Å². The van der Waals surface area contributed by atoms with Crippen LogP contribution in [0.5, 0.6) is 11.5 Å². The monoisotopic (exact) mass is 337 g/mol. The summed E-state index contributed by atoms with van der Waals surface area (Å²) in [7, 11) is 1.23. The van der Waals surface area contributed by atoms with Gasteiger partial charge in [-0.15, -0.1) is 0 Å². The lowest BCUT2D eigenvalue weighted by Crippen LogP contribution is -3.12. The van der Waals surface area contributed by atoms with Crippen LogP contribution in [-0.2, 0) is 22.5 Å². The molecule has 0 fully saturated rings. The fourth-order valence-electron chi connectivity index (χ4n) is 2.83. The van der Waals surface area contributed by atoms with Crippen molar-refractivity contribution in [2.45, 2.75) is 26.8 Å². The molecule has 0 spiro atoms. The first-order valence-electron chi connectivity index (χ1n) is 8.20. The molecule has 0 aromatic heterocycles. The summed E-state index contributed by atoms with van der Waals surface area (Å²) in [4.78, 5) is 24.0. The van der Waals surface area contributed by atoms with Crippen molar-refractivity contribution < 1.29 is 28.7 Å². The number of benzene rings is 1. The van der Waals surface area contributed by atoms with Gasteiger partial charge in [-0.25, -0.2) is 4.79 Å². The molecule has 0 bridgehead atoms. The van der Waals surface area contributed by atoms with E-state index in [0.717, 1.165) is 34.9 Å².